The SMILES string of the molecule is Cc1ccnc2nc(C(=O)N3CC(NC(=O)c4ccc(F)cn4)C3)nn12. The number of aryl methyl sites for hydroxylation is 1. The Labute approximate surface area is 146 Å². The van der Waals surface area contributed by atoms with E-state index in [1.807, 2.05) is 6.92 Å². The highest BCUT2D eigenvalue weighted by molar-refractivity contribution is 5.94. The number of hydrogen-bond donors (Lipinski definition) is 1. The maximum atomic E-state index is 12.8. The second-order valence-electron chi connectivity index (χ2n) is 5.98. The van der Waals surface area contributed by atoms with Crippen LogP contribution in [0.4, 0.5) is 4.39 Å². The normalized spacial score (nSPS) is 14.3. The zero-order valence-electron chi connectivity index (χ0n) is 13.8. The fraction of sp³-hybridized carbons (Fsp3) is 0.250. The Morgan fingerprint density at radius 1 is 1.23 bits per heavy atom. The second-order valence-corrected chi connectivity index (χ2v) is 5.98. The van der Waals surface area contributed by atoms with Crippen molar-refractivity contribution in [1.29, 1.82) is 0 Å². The van der Waals surface area contributed by atoms with Crippen LogP contribution in [0.1, 0.15) is 26.8 Å². The van der Waals surface area contributed by atoms with Gasteiger partial charge < -0.3 is 10.2 Å². The van der Waals surface area contributed by atoms with E-state index in [0.717, 1.165) is 11.9 Å². The molecule has 0 radical (unpaired) electrons. The average molecular weight is 355 g/mol. The van der Waals surface area contributed by atoms with Gasteiger partial charge in [0.05, 0.1) is 12.2 Å². The number of rotatable bonds is 3. The summed E-state index contributed by atoms with van der Waals surface area (Å²) < 4.78 is 14.3. The van der Waals surface area contributed by atoms with Crippen LogP contribution >= 0.6 is 0 Å². The third-order valence-electron chi connectivity index (χ3n) is 4.09. The molecule has 9 nitrogen and oxygen atoms in total. The molecule has 4 rings (SSSR count). The van der Waals surface area contributed by atoms with Gasteiger partial charge in [-0.2, -0.15) is 4.98 Å². The van der Waals surface area contributed by atoms with Crippen molar-refractivity contribution in [1.82, 2.24) is 34.8 Å². The molecule has 10 heteroatoms. The largest absolute Gasteiger partial charge is 0.344 e. The van der Waals surface area contributed by atoms with Crippen LogP contribution in [0.5, 0.6) is 0 Å². The van der Waals surface area contributed by atoms with Gasteiger partial charge in [-0.15, -0.1) is 5.10 Å². The van der Waals surface area contributed by atoms with Crippen LogP contribution in [0.2, 0.25) is 0 Å². The van der Waals surface area contributed by atoms with Crippen LogP contribution in [0.3, 0.4) is 0 Å². The second kappa shape index (κ2) is 6.14. The van der Waals surface area contributed by atoms with Crippen LogP contribution in [0, 0.1) is 12.7 Å². The summed E-state index contributed by atoms with van der Waals surface area (Å²) in [5.74, 6) is -0.808. The van der Waals surface area contributed by atoms with Crippen LogP contribution in [-0.4, -0.2) is 60.4 Å². The number of fused-ring (bicyclic) bond motifs is 1. The first-order chi connectivity index (χ1) is 12.5. The standard InChI is InChI=1S/C16H14FN7O2/c1-9-4-5-18-16-21-13(22-24(9)16)15(26)23-7-11(8-23)20-14(25)12-3-2-10(17)6-19-12/h2-6,11H,7-8H2,1H3,(H,20,25). The summed E-state index contributed by atoms with van der Waals surface area (Å²) in [6, 6.07) is 4.05. The van der Waals surface area contributed by atoms with Gasteiger partial charge in [0.1, 0.15) is 11.5 Å². The molecule has 0 spiro atoms. The number of pyridine rings is 1. The molecule has 0 unspecified atom stereocenters. The number of carbonyl (C=O) groups excluding carboxylic acids is 2. The minimum absolute atomic E-state index is 0.0665. The van der Waals surface area contributed by atoms with Gasteiger partial charge in [0.15, 0.2) is 0 Å². The van der Waals surface area contributed by atoms with Crippen LogP contribution in [-0.2, 0) is 0 Å². The van der Waals surface area contributed by atoms with E-state index in [9.17, 15) is 14.0 Å². The molecule has 0 bridgehead atoms. The number of nitrogens with one attached hydrogen (secondary N) is 1. The number of carbonyl (C=O) groups is 2. The van der Waals surface area contributed by atoms with E-state index >= 15 is 0 Å². The molecule has 1 N–H and O–H groups in total. The smallest absolute Gasteiger partial charge is 0.293 e. The summed E-state index contributed by atoms with van der Waals surface area (Å²) in [4.78, 5) is 37.9. The van der Waals surface area contributed by atoms with E-state index in [1.54, 1.807) is 12.3 Å². The van der Waals surface area contributed by atoms with E-state index in [0.29, 0.717) is 18.9 Å². The van der Waals surface area contributed by atoms with Crippen molar-refractivity contribution < 1.29 is 14.0 Å². The Bertz CT molecular complexity index is 996. The van der Waals surface area contributed by atoms with Crippen LogP contribution in [0.15, 0.2) is 30.6 Å². The first-order valence-corrected chi connectivity index (χ1v) is 7.91. The van der Waals surface area contributed by atoms with Gasteiger partial charge in [-0.3, -0.25) is 9.59 Å². The highest BCUT2D eigenvalue weighted by Crippen LogP contribution is 2.13. The number of likely N-dealkylation sites (tertiary alicyclic amines) is 1. The lowest BCUT2D eigenvalue weighted by Crippen LogP contribution is -2.61. The van der Waals surface area contributed by atoms with E-state index in [2.05, 4.69) is 25.4 Å². The fourth-order valence-corrected chi connectivity index (χ4v) is 2.64. The quantitative estimate of drug-likeness (QED) is 0.721. The highest BCUT2D eigenvalue weighted by atomic mass is 19.1. The third-order valence-corrected chi connectivity index (χ3v) is 4.09. The number of nitrogens with zero attached hydrogens (tertiary/aromatic N) is 6. The van der Waals surface area contributed by atoms with Crippen LogP contribution in [0.25, 0.3) is 5.78 Å². The van der Waals surface area contributed by atoms with E-state index in [1.165, 1.54) is 21.5 Å². The monoisotopic (exact) mass is 355 g/mol. The van der Waals surface area contributed by atoms with Crippen molar-refractivity contribution in [2.45, 2.75) is 13.0 Å². The molecule has 0 saturated carbocycles. The minimum atomic E-state index is -0.508. The van der Waals surface area contributed by atoms with Crippen molar-refractivity contribution in [3.05, 3.63) is 53.6 Å². The topological polar surface area (TPSA) is 105 Å². The summed E-state index contributed by atoms with van der Waals surface area (Å²) in [7, 11) is 0. The van der Waals surface area contributed by atoms with Crippen molar-refractivity contribution in [2.24, 2.45) is 0 Å². The predicted octanol–water partition coefficient (Wildman–Crippen LogP) is 0.221. The van der Waals surface area contributed by atoms with Crippen molar-refractivity contribution in [2.75, 3.05) is 13.1 Å². The lowest BCUT2D eigenvalue weighted by Gasteiger charge is -2.38. The Hall–Kier alpha value is -3.43. The Kier molecular flexibility index (Phi) is 3.79. The number of aromatic nitrogens is 5. The van der Waals surface area contributed by atoms with Gasteiger partial charge in [0.2, 0.25) is 5.82 Å². The molecule has 1 saturated heterocycles. The first-order valence-electron chi connectivity index (χ1n) is 7.91. The van der Waals surface area contributed by atoms with Gasteiger partial charge in [0.25, 0.3) is 17.6 Å². The molecule has 1 fully saturated rings. The van der Waals surface area contributed by atoms with Gasteiger partial charge in [-0.05, 0) is 25.1 Å². The molecule has 3 aromatic heterocycles. The molecular weight excluding hydrogens is 341 g/mol. The van der Waals surface area contributed by atoms with E-state index in [4.69, 9.17) is 0 Å². The molecule has 26 heavy (non-hydrogen) atoms. The van der Waals surface area contributed by atoms with Crippen molar-refractivity contribution >= 4 is 17.6 Å². The minimum Gasteiger partial charge on any atom is -0.344 e. The molecule has 0 aromatic carbocycles. The maximum Gasteiger partial charge on any atom is 0.293 e. The van der Waals surface area contributed by atoms with Crippen molar-refractivity contribution in [3.8, 4) is 0 Å². The van der Waals surface area contributed by atoms with E-state index in [-0.39, 0.29) is 23.5 Å². The zero-order chi connectivity index (χ0) is 18.3. The van der Waals surface area contributed by atoms with Gasteiger partial charge >= 0.3 is 0 Å². The first kappa shape index (κ1) is 16.1. The Morgan fingerprint density at radius 3 is 2.73 bits per heavy atom. The fourth-order valence-electron chi connectivity index (χ4n) is 2.64. The molecule has 1 aliphatic heterocycles. The van der Waals surface area contributed by atoms with Gasteiger partial charge in [-0.1, -0.05) is 0 Å². The van der Waals surface area contributed by atoms with Gasteiger partial charge in [-0.25, -0.2) is 18.9 Å². The highest BCUT2D eigenvalue weighted by Gasteiger charge is 2.34. The molecule has 1 aliphatic rings. The summed E-state index contributed by atoms with van der Waals surface area (Å²) in [5, 5.41) is 6.92. The van der Waals surface area contributed by atoms with Crippen molar-refractivity contribution in [3.63, 3.8) is 0 Å². The molecule has 3 aromatic rings. The third kappa shape index (κ3) is 2.85. The van der Waals surface area contributed by atoms with E-state index < -0.39 is 11.7 Å². The van der Waals surface area contributed by atoms with Gasteiger partial charge in [0, 0.05) is 25.0 Å². The van der Waals surface area contributed by atoms with Crippen LogP contribution < -0.4 is 5.32 Å². The number of halogens is 1. The lowest BCUT2D eigenvalue weighted by molar-refractivity contribution is 0.0531. The molecule has 0 atom stereocenters. The summed E-state index contributed by atoms with van der Waals surface area (Å²) in [6.45, 7) is 2.53. The average Bonchev–Trinajstić information content (AvgIpc) is 3.03. The molecule has 132 valence electrons. The Balaban J connectivity index is 1.37. The molecular formula is C16H14FN7O2. The number of hydrogen-bond acceptors (Lipinski definition) is 6. The lowest BCUT2D eigenvalue weighted by atomic mass is 10.1. The molecule has 4 heterocycles. The summed E-state index contributed by atoms with van der Waals surface area (Å²) >= 11 is 0. The maximum absolute atomic E-state index is 12.8. The summed E-state index contributed by atoms with van der Waals surface area (Å²) in [5.41, 5.74) is 0.946. The molecule has 2 amide bonds. The summed E-state index contributed by atoms with van der Waals surface area (Å²) in [6.07, 6.45) is 2.59. The molecule has 0 aliphatic carbocycles. The Morgan fingerprint density at radius 2 is 2.04 bits per heavy atom. The predicted molar refractivity (Wildman–Crippen MR) is 86.9 cm³/mol. The number of amides is 2. The zero-order valence-corrected chi connectivity index (χ0v) is 13.8.